The highest BCUT2D eigenvalue weighted by Gasteiger charge is 2.11. The number of hydrogen-bond acceptors (Lipinski definition) is 8. The molecule has 0 unspecified atom stereocenters. The molecule has 0 fully saturated rings. The lowest BCUT2D eigenvalue weighted by Crippen LogP contribution is -2.17. The first kappa shape index (κ1) is 23.9. The lowest BCUT2D eigenvalue weighted by atomic mass is 10.2. The van der Waals surface area contributed by atoms with Crippen molar-refractivity contribution >= 4 is 34.6 Å². The van der Waals surface area contributed by atoms with Crippen LogP contribution < -0.4 is 14.9 Å². The van der Waals surface area contributed by atoms with Gasteiger partial charge in [0.05, 0.1) is 36.3 Å². The number of aromatic nitrogens is 5. The van der Waals surface area contributed by atoms with Crippen molar-refractivity contribution in [3.63, 3.8) is 0 Å². The second-order valence-corrected chi connectivity index (χ2v) is 8.22. The predicted molar refractivity (Wildman–Crippen MR) is 138 cm³/mol. The third-order valence-corrected chi connectivity index (χ3v) is 5.57. The fraction of sp³-hybridized carbons (Fsp3) is 0.0769. The number of ether oxygens (including phenoxy) is 2. The first-order chi connectivity index (χ1) is 18.1. The van der Waals surface area contributed by atoms with Crippen LogP contribution in [0.15, 0.2) is 84.5 Å². The maximum Gasteiger partial charge on any atom is 0.272 e. The number of pyridine rings is 2. The molecule has 0 aliphatic carbocycles. The number of nitrogens with one attached hydrogen (secondary N) is 1. The van der Waals surface area contributed by atoms with E-state index in [9.17, 15) is 4.79 Å². The van der Waals surface area contributed by atoms with Crippen molar-refractivity contribution in [2.24, 2.45) is 5.10 Å². The number of carbonyl (C=O) groups is 1. The Morgan fingerprint density at radius 3 is 2.89 bits per heavy atom. The number of amides is 1. The summed E-state index contributed by atoms with van der Waals surface area (Å²) in [5.74, 6) is 0.678. The molecule has 5 aromatic rings. The van der Waals surface area contributed by atoms with E-state index in [1.165, 1.54) is 12.4 Å². The molecule has 2 aromatic carbocycles. The van der Waals surface area contributed by atoms with Gasteiger partial charge in [0.1, 0.15) is 12.3 Å². The van der Waals surface area contributed by atoms with Gasteiger partial charge in [-0.3, -0.25) is 14.8 Å². The molecular formula is C26H20ClN7O3. The van der Waals surface area contributed by atoms with Crippen LogP contribution in [0, 0.1) is 0 Å². The van der Waals surface area contributed by atoms with Gasteiger partial charge in [-0.25, -0.2) is 10.1 Å². The number of hydrazone groups is 1. The SMILES string of the molecule is COc1cc(/C=N/NC(=O)c2cccnc2)ccc1OCc1cn(-c2ccnc3cc(Cl)ccc23)nn1. The van der Waals surface area contributed by atoms with E-state index < -0.39 is 0 Å². The van der Waals surface area contributed by atoms with E-state index in [1.54, 1.807) is 66.8 Å². The molecule has 0 saturated carbocycles. The summed E-state index contributed by atoms with van der Waals surface area (Å²) in [5.41, 5.74) is 5.82. The topological polar surface area (TPSA) is 116 Å². The fourth-order valence-corrected chi connectivity index (χ4v) is 3.72. The second-order valence-electron chi connectivity index (χ2n) is 7.79. The Kier molecular flexibility index (Phi) is 7.00. The van der Waals surface area contributed by atoms with Crippen LogP contribution in [-0.4, -0.2) is 44.2 Å². The van der Waals surface area contributed by atoms with Crippen molar-refractivity contribution in [1.82, 2.24) is 30.4 Å². The van der Waals surface area contributed by atoms with Crippen LogP contribution in [-0.2, 0) is 6.61 Å². The fourth-order valence-electron chi connectivity index (χ4n) is 3.55. The molecule has 11 heteroatoms. The summed E-state index contributed by atoms with van der Waals surface area (Å²) in [6.07, 6.45) is 8.07. The highest BCUT2D eigenvalue weighted by molar-refractivity contribution is 6.31. The highest BCUT2D eigenvalue weighted by Crippen LogP contribution is 2.28. The molecule has 5 rings (SSSR count). The Labute approximate surface area is 216 Å². The van der Waals surface area contributed by atoms with Gasteiger partial charge in [-0.15, -0.1) is 5.10 Å². The summed E-state index contributed by atoms with van der Waals surface area (Å²) in [5, 5.41) is 14.0. The molecule has 0 radical (unpaired) electrons. The molecule has 3 heterocycles. The first-order valence-electron chi connectivity index (χ1n) is 11.1. The zero-order valence-electron chi connectivity index (χ0n) is 19.6. The van der Waals surface area contributed by atoms with E-state index in [2.05, 4.69) is 30.8 Å². The lowest BCUT2D eigenvalue weighted by molar-refractivity contribution is 0.0954. The molecule has 0 aliphatic rings. The van der Waals surface area contributed by atoms with Crippen molar-refractivity contribution in [1.29, 1.82) is 0 Å². The number of halogens is 1. The van der Waals surface area contributed by atoms with E-state index >= 15 is 0 Å². The molecule has 1 amide bonds. The number of hydrogen-bond donors (Lipinski definition) is 1. The van der Waals surface area contributed by atoms with E-state index in [0.29, 0.717) is 33.3 Å². The quantitative estimate of drug-likeness (QED) is 0.244. The minimum absolute atomic E-state index is 0.180. The van der Waals surface area contributed by atoms with Gasteiger partial charge in [-0.05, 0) is 60.2 Å². The zero-order chi connectivity index (χ0) is 25.6. The van der Waals surface area contributed by atoms with Gasteiger partial charge in [0.2, 0.25) is 0 Å². The molecule has 0 spiro atoms. The summed E-state index contributed by atoms with van der Waals surface area (Å²) >= 11 is 6.09. The van der Waals surface area contributed by atoms with Crippen molar-refractivity contribution in [3.05, 3.63) is 101 Å². The molecule has 0 aliphatic heterocycles. The van der Waals surface area contributed by atoms with Gasteiger partial charge in [0.25, 0.3) is 5.91 Å². The van der Waals surface area contributed by atoms with Gasteiger partial charge >= 0.3 is 0 Å². The summed E-state index contributed by atoms with van der Waals surface area (Å²) in [6, 6.07) is 16.0. The maximum atomic E-state index is 12.1. The van der Waals surface area contributed by atoms with Gasteiger partial charge in [0, 0.05) is 29.0 Å². The average Bonchev–Trinajstić information content (AvgIpc) is 3.41. The number of carbonyl (C=O) groups excluding carboxylic acids is 1. The van der Waals surface area contributed by atoms with Gasteiger partial charge in [-0.1, -0.05) is 16.8 Å². The van der Waals surface area contributed by atoms with E-state index in [-0.39, 0.29) is 12.5 Å². The van der Waals surface area contributed by atoms with Gasteiger partial charge in [0.15, 0.2) is 11.5 Å². The molecule has 184 valence electrons. The van der Waals surface area contributed by atoms with Gasteiger partial charge < -0.3 is 9.47 Å². The van der Waals surface area contributed by atoms with E-state index in [0.717, 1.165) is 16.6 Å². The number of rotatable bonds is 8. The van der Waals surface area contributed by atoms with Crippen LogP contribution in [0.2, 0.25) is 5.02 Å². The molecule has 1 N–H and O–H groups in total. The number of nitrogens with zero attached hydrogens (tertiary/aromatic N) is 6. The monoisotopic (exact) mass is 513 g/mol. The Morgan fingerprint density at radius 2 is 2.05 bits per heavy atom. The number of methoxy groups -OCH3 is 1. The predicted octanol–water partition coefficient (Wildman–Crippen LogP) is 4.22. The Bertz CT molecular complexity index is 1590. The van der Waals surface area contributed by atoms with Crippen LogP contribution in [0.1, 0.15) is 21.6 Å². The smallest absolute Gasteiger partial charge is 0.272 e. The molecule has 3 aromatic heterocycles. The van der Waals surface area contributed by atoms with Gasteiger partial charge in [-0.2, -0.15) is 5.10 Å². The molecule has 10 nitrogen and oxygen atoms in total. The Hall–Kier alpha value is -4.83. The minimum Gasteiger partial charge on any atom is -0.493 e. The van der Waals surface area contributed by atoms with Crippen LogP contribution in [0.5, 0.6) is 11.5 Å². The standard InChI is InChI=1S/C26H20ClN7O3/c1-36-25-11-17(13-30-32-26(35)18-3-2-9-28-14-18)4-7-24(25)37-16-20-15-34(33-31-20)23-8-10-29-22-12-19(27)5-6-21(22)23/h2-15H,16H2,1H3,(H,32,35)/b30-13+. The van der Waals surface area contributed by atoms with Crippen molar-refractivity contribution in [2.75, 3.05) is 7.11 Å². The highest BCUT2D eigenvalue weighted by atomic mass is 35.5. The summed E-state index contributed by atoms with van der Waals surface area (Å²) in [4.78, 5) is 20.3. The third kappa shape index (κ3) is 5.54. The Balaban J connectivity index is 1.25. The molecule has 0 bridgehead atoms. The number of benzene rings is 2. The normalized spacial score (nSPS) is 11.1. The van der Waals surface area contributed by atoms with Crippen molar-refractivity contribution < 1.29 is 14.3 Å². The van der Waals surface area contributed by atoms with Crippen molar-refractivity contribution in [2.45, 2.75) is 6.61 Å². The lowest BCUT2D eigenvalue weighted by Gasteiger charge is -2.10. The first-order valence-corrected chi connectivity index (χ1v) is 11.5. The van der Waals surface area contributed by atoms with Crippen LogP contribution in [0.4, 0.5) is 0 Å². The molecule has 0 atom stereocenters. The molecular weight excluding hydrogens is 494 g/mol. The Morgan fingerprint density at radius 1 is 1.14 bits per heavy atom. The van der Waals surface area contributed by atoms with E-state index in [4.69, 9.17) is 21.1 Å². The summed E-state index contributed by atoms with van der Waals surface area (Å²) in [7, 11) is 1.55. The second kappa shape index (κ2) is 10.8. The van der Waals surface area contributed by atoms with E-state index in [1.807, 2.05) is 18.2 Å². The van der Waals surface area contributed by atoms with Crippen LogP contribution >= 0.6 is 11.6 Å². The van der Waals surface area contributed by atoms with Crippen molar-refractivity contribution in [3.8, 4) is 17.2 Å². The average molecular weight is 514 g/mol. The van der Waals surface area contributed by atoms with Crippen LogP contribution in [0.25, 0.3) is 16.6 Å². The summed E-state index contributed by atoms with van der Waals surface area (Å²) in [6.45, 7) is 0.180. The zero-order valence-corrected chi connectivity index (χ0v) is 20.3. The maximum absolute atomic E-state index is 12.1. The molecule has 0 saturated heterocycles. The number of fused-ring (bicyclic) bond motifs is 1. The largest absolute Gasteiger partial charge is 0.493 e. The molecule has 37 heavy (non-hydrogen) atoms. The third-order valence-electron chi connectivity index (χ3n) is 5.34. The van der Waals surface area contributed by atoms with Crippen LogP contribution in [0.3, 0.4) is 0 Å². The summed E-state index contributed by atoms with van der Waals surface area (Å²) < 4.78 is 13.1. The minimum atomic E-state index is -0.354.